The summed E-state index contributed by atoms with van der Waals surface area (Å²) in [6.07, 6.45) is 4.03. The van der Waals surface area contributed by atoms with Gasteiger partial charge in [-0.1, -0.05) is 12.1 Å². The van der Waals surface area contributed by atoms with Crippen molar-refractivity contribution in [3.05, 3.63) is 42.0 Å². The monoisotopic (exact) mass is 361 g/mol. The highest BCUT2D eigenvalue weighted by atomic mass is 32.2. The Kier molecular flexibility index (Phi) is 4.33. The lowest BCUT2D eigenvalue weighted by molar-refractivity contribution is -0.115. The topological polar surface area (TPSA) is 46.4 Å². The van der Waals surface area contributed by atoms with Crippen LogP contribution in [0.25, 0.3) is 16.2 Å². The van der Waals surface area contributed by atoms with E-state index < -0.39 is 0 Å². The number of carbonyl (C=O) groups excluding carboxylic acids is 1. The molecular formula is C16H15N3OS3. The van der Waals surface area contributed by atoms with Crippen LogP contribution in [0.1, 0.15) is 0 Å². The van der Waals surface area contributed by atoms with Gasteiger partial charge in [-0.05, 0) is 12.1 Å². The van der Waals surface area contributed by atoms with Gasteiger partial charge in [0.2, 0.25) is 5.91 Å². The molecule has 1 saturated heterocycles. The SMILES string of the molecule is O=C(Nc1ccc(-c2cn3ccsc3n2)cc1)C1CSCCS1. The van der Waals surface area contributed by atoms with E-state index >= 15 is 0 Å². The summed E-state index contributed by atoms with van der Waals surface area (Å²) in [5.41, 5.74) is 2.85. The van der Waals surface area contributed by atoms with Crippen LogP contribution in [0.2, 0.25) is 0 Å². The number of nitrogens with zero attached hydrogens (tertiary/aromatic N) is 2. The molecule has 1 amide bonds. The maximum atomic E-state index is 12.2. The van der Waals surface area contributed by atoms with Crippen LogP contribution in [0.4, 0.5) is 5.69 Å². The van der Waals surface area contributed by atoms with Crippen LogP contribution in [0, 0.1) is 0 Å². The maximum absolute atomic E-state index is 12.2. The minimum atomic E-state index is 0.0633. The second kappa shape index (κ2) is 6.59. The predicted octanol–water partition coefficient (Wildman–Crippen LogP) is 3.85. The minimum absolute atomic E-state index is 0.0633. The Labute approximate surface area is 146 Å². The number of fused-ring (bicyclic) bond motifs is 1. The number of thiazole rings is 1. The van der Waals surface area contributed by atoms with Gasteiger partial charge in [-0.15, -0.1) is 23.1 Å². The molecule has 0 spiro atoms. The normalized spacial score (nSPS) is 18.2. The van der Waals surface area contributed by atoms with E-state index in [9.17, 15) is 4.79 Å². The number of thioether (sulfide) groups is 2. The minimum Gasteiger partial charge on any atom is -0.325 e. The highest BCUT2D eigenvalue weighted by Gasteiger charge is 2.22. The maximum Gasteiger partial charge on any atom is 0.238 e. The molecule has 3 aromatic rings. The molecule has 1 N–H and O–H groups in total. The highest BCUT2D eigenvalue weighted by molar-refractivity contribution is 8.07. The van der Waals surface area contributed by atoms with E-state index in [0.717, 1.165) is 39.2 Å². The smallest absolute Gasteiger partial charge is 0.238 e. The summed E-state index contributed by atoms with van der Waals surface area (Å²) in [7, 11) is 0. The number of hydrogen-bond donors (Lipinski definition) is 1. The van der Waals surface area contributed by atoms with Crippen molar-refractivity contribution < 1.29 is 4.79 Å². The van der Waals surface area contributed by atoms with E-state index in [2.05, 4.69) is 10.3 Å². The number of hydrogen-bond acceptors (Lipinski definition) is 5. The number of aromatic nitrogens is 2. The first kappa shape index (κ1) is 15.1. The molecule has 7 heteroatoms. The Balaban J connectivity index is 1.47. The standard InChI is InChI=1S/C16H15N3OS3/c20-15(14-10-21-7-8-22-14)17-12-3-1-11(2-4-12)13-9-19-5-6-23-16(19)18-13/h1-6,9,14H,7-8,10H2,(H,17,20). The quantitative estimate of drug-likeness (QED) is 0.770. The fraction of sp³-hybridized carbons (Fsp3) is 0.250. The summed E-state index contributed by atoms with van der Waals surface area (Å²) in [6.45, 7) is 0. The van der Waals surface area contributed by atoms with Crippen molar-refractivity contribution in [1.29, 1.82) is 0 Å². The molecule has 1 aliphatic rings. The van der Waals surface area contributed by atoms with Gasteiger partial charge in [-0.2, -0.15) is 11.8 Å². The van der Waals surface area contributed by atoms with Crippen molar-refractivity contribution in [3.8, 4) is 11.3 Å². The van der Waals surface area contributed by atoms with Gasteiger partial charge in [0.1, 0.15) is 0 Å². The van der Waals surface area contributed by atoms with Crippen LogP contribution in [-0.2, 0) is 4.79 Å². The van der Waals surface area contributed by atoms with Crippen molar-refractivity contribution in [3.63, 3.8) is 0 Å². The molecule has 0 bridgehead atoms. The number of imidazole rings is 1. The zero-order valence-electron chi connectivity index (χ0n) is 12.3. The van der Waals surface area contributed by atoms with Gasteiger partial charge in [-0.3, -0.25) is 9.20 Å². The van der Waals surface area contributed by atoms with Crippen LogP contribution in [0.15, 0.2) is 42.0 Å². The number of carbonyl (C=O) groups is 1. The van der Waals surface area contributed by atoms with Crippen molar-refractivity contribution >= 4 is 51.4 Å². The molecule has 3 heterocycles. The highest BCUT2D eigenvalue weighted by Crippen LogP contribution is 2.26. The molecular weight excluding hydrogens is 346 g/mol. The van der Waals surface area contributed by atoms with Crippen molar-refractivity contribution in [2.45, 2.75) is 5.25 Å². The second-order valence-corrected chi connectivity index (χ2v) is 8.55. The first-order chi connectivity index (χ1) is 11.3. The molecule has 23 heavy (non-hydrogen) atoms. The predicted molar refractivity (Wildman–Crippen MR) is 101 cm³/mol. The Hall–Kier alpha value is -1.44. The average molecular weight is 362 g/mol. The van der Waals surface area contributed by atoms with Gasteiger partial charge >= 0.3 is 0 Å². The van der Waals surface area contributed by atoms with Crippen LogP contribution < -0.4 is 5.32 Å². The van der Waals surface area contributed by atoms with E-state index in [0.29, 0.717) is 0 Å². The van der Waals surface area contributed by atoms with Crippen molar-refractivity contribution in [2.24, 2.45) is 0 Å². The fourth-order valence-corrected chi connectivity index (χ4v) is 5.71. The second-order valence-electron chi connectivity index (χ2n) is 5.22. The number of benzene rings is 1. The molecule has 118 valence electrons. The summed E-state index contributed by atoms with van der Waals surface area (Å²) in [4.78, 5) is 17.8. The third kappa shape index (κ3) is 3.27. The third-order valence-electron chi connectivity index (χ3n) is 3.65. The van der Waals surface area contributed by atoms with Crippen molar-refractivity contribution in [2.75, 3.05) is 22.6 Å². The van der Waals surface area contributed by atoms with Gasteiger partial charge in [0.05, 0.1) is 10.9 Å². The average Bonchev–Trinajstić information content (AvgIpc) is 3.18. The van der Waals surface area contributed by atoms with E-state index in [-0.39, 0.29) is 11.2 Å². The number of anilines is 1. The summed E-state index contributed by atoms with van der Waals surface area (Å²) in [5.74, 6) is 3.21. The van der Waals surface area contributed by atoms with Gasteiger partial charge in [0.25, 0.3) is 0 Å². The number of nitrogens with one attached hydrogen (secondary N) is 1. The molecule has 1 fully saturated rings. The summed E-state index contributed by atoms with van der Waals surface area (Å²) < 4.78 is 2.02. The van der Waals surface area contributed by atoms with E-state index in [1.54, 1.807) is 23.1 Å². The van der Waals surface area contributed by atoms with Crippen LogP contribution in [0.5, 0.6) is 0 Å². The number of rotatable bonds is 3. The molecule has 4 rings (SSSR count). The fourth-order valence-electron chi connectivity index (χ4n) is 2.45. The summed E-state index contributed by atoms with van der Waals surface area (Å²) in [6, 6.07) is 7.90. The molecule has 1 aromatic carbocycles. The Morgan fingerprint density at radius 2 is 2.13 bits per heavy atom. The molecule has 1 unspecified atom stereocenters. The van der Waals surface area contributed by atoms with Crippen LogP contribution in [-0.4, -0.2) is 37.8 Å². The van der Waals surface area contributed by atoms with E-state index in [1.807, 2.05) is 58.2 Å². The number of amides is 1. The lowest BCUT2D eigenvalue weighted by Gasteiger charge is -2.20. The van der Waals surface area contributed by atoms with E-state index in [1.165, 1.54) is 0 Å². The largest absolute Gasteiger partial charge is 0.325 e. The first-order valence-corrected chi connectivity index (χ1v) is 10.4. The lowest BCUT2D eigenvalue weighted by Crippen LogP contribution is -2.30. The van der Waals surface area contributed by atoms with Crippen molar-refractivity contribution in [1.82, 2.24) is 9.38 Å². The van der Waals surface area contributed by atoms with E-state index in [4.69, 9.17) is 0 Å². The molecule has 0 aliphatic carbocycles. The molecule has 1 aliphatic heterocycles. The first-order valence-electron chi connectivity index (χ1n) is 7.32. The molecule has 1 atom stereocenters. The Bertz CT molecular complexity index is 790. The zero-order valence-corrected chi connectivity index (χ0v) is 14.7. The Morgan fingerprint density at radius 1 is 1.26 bits per heavy atom. The third-order valence-corrected chi connectivity index (χ3v) is 7.17. The van der Waals surface area contributed by atoms with Gasteiger partial charge in [0.15, 0.2) is 4.96 Å². The zero-order chi connectivity index (χ0) is 15.6. The molecule has 0 saturated carbocycles. The van der Waals surface area contributed by atoms with Gasteiger partial charge in [0, 0.05) is 46.3 Å². The van der Waals surface area contributed by atoms with Gasteiger partial charge < -0.3 is 5.32 Å². The molecule has 2 aromatic heterocycles. The molecule has 0 radical (unpaired) electrons. The Morgan fingerprint density at radius 3 is 2.87 bits per heavy atom. The summed E-state index contributed by atoms with van der Waals surface area (Å²) in [5, 5.41) is 5.10. The summed E-state index contributed by atoms with van der Waals surface area (Å²) >= 11 is 5.22. The van der Waals surface area contributed by atoms with Gasteiger partial charge in [-0.25, -0.2) is 4.98 Å². The van der Waals surface area contributed by atoms with Crippen LogP contribution >= 0.6 is 34.9 Å². The molecule has 4 nitrogen and oxygen atoms in total. The lowest BCUT2D eigenvalue weighted by atomic mass is 10.1. The van der Waals surface area contributed by atoms with Crippen LogP contribution in [0.3, 0.4) is 0 Å².